The predicted molar refractivity (Wildman–Crippen MR) is 73.7 cm³/mol. The van der Waals surface area contributed by atoms with Crippen molar-refractivity contribution in [3.05, 3.63) is 18.2 Å². The van der Waals surface area contributed by atoms with Gasteiger partial charge in [0.05, 0.1) is 0 Å². The van der Waals surface area contributed by atoms with Crippen molar-refractivity contribution < 1.29 is 19.4 Å². The Labute approximate surface area is 115 Å². The van der Waals surface area contributed by atoms with E-state index in [9.17, 15) is 4.79 Å². The summed E-state index contributed by atoms with van der Waals surface area (Å²) in [6.07, 6.45) is 0.651. The summed E-state index contributed by atoms with van der Waals surface area (Å²) in [5, 5.41) is 14.9. The molecule has 2 rings (SSSR count). The Balaban J connectivity index is 1.77. The number of aliphatic carboxylic acids is 1. The number of hydrogen-bond acceptors (Lipinski definition) is 4. The van der Waals surface area contributed by atoms with Crippen LogP contribution in [-0.2, 0) is 4.79 Å². The van der Waals surface area contributed by atoms with Crippen LogP contribution < -0.4 is 20.1 Å². The first-order chi connectivity index (χ1) is 9.15. The van der Waals surface area contributed by atoms with E-state index in [0.717, 1.165) is 5.69 Å². The summed E-state index contributed by atoms with van der Waals surface area (Å²) in [6, 6.07) is 5.43. The van der Waals surface area contributed by atoms with Gasteiger partial charge in [-0.25, -0.2) is 0 Å². The van der Waals surface area contributed by atoms with Crippen molar-refractivity contribution in [1.29, 1.82) is 0 Å². The second-order valence-electron chi connectivity index (χ2n) is 3.95. The van der Waals surface area contributed by atoms with Gasteiger partial charge < -0.3 is 25.2 Å². The molecule has 0 aromatic heterocycles. The fourth-order valence-corrected chi connectivity index (χ4v) is 1.81. The van der Waals surface area contributed by atoms with Crippen LogP contribution in [0, 0.1) is 0 Å². The van der Waals surface area contributed by atoms with Crippen LogP contribution in [0.3, 0.4) is 0 Å². The van der Waals surface area contributed by atoms with E-state index < -0.39 is 5.97 Å². The molecule has 0 bridgehead atoms. The molecule has 0 spiro atoms. The monoisotopic (exact) mass is 282 g/mol. The number of carbonyl (C=O) groups is 1. The topological polar surface area (TPSA) is 79.8 Å². The number of carboxylic acid groups (broad SMARTS) is 1. The van der Waals surface area contributed by atoms with E-state index in [4.69, 9.17) is 26.8 Å². The Morgan fingerprint density at radius 3 is 2.95 bits per heavy atom. The molecular weight excluding hydrogens is 268 g/mol. The summed E-state index contributed by atoms with van der Waals surface area (Å²) in [6.45, 7) is 0.749. The maximum atomic E-state index is 10.3. The summed E-state index contributed by atoms with van der Waals surface area (Å²) in [4.78, 5) is 10.3. The highest BCUT2D eigenvalue weighted by Crippen LogP contribution is 2.34. The molecule has 1 aromatic carbocycles. The number of hydrogen-bond donors (Lipinski definition) is 3. The number of carboxylic acids is 1. The van der Waals surface area contributed by atoms with Crippen LogP contribution in [0.2, 0.25) is 0 Å². The summed E-state index contributed by atoms with van der Waals surface area (Å²) in [7, 11) is 0. The maximum absolute atomic E-state index is 10.3. The molecule has 7 heteroatoms. The number of ether oxygens (including phenoxy) is 2. The average Bonchev–Trinajstić information content (AvgIpc) is 2.82. The van der Waals surface area contributed by atoms with E-state index in [-0.39, 0.29) is 13.2 Å². The predicted octanol–water partition coefficient (Wildman–Crippen LogP) is 1.57. The fraction of sp³-hybridized carbons (Fsp3) is 0.333. The molecule has 0 aliphatic carbocycles. The first-order valence-electron chi connectivity index (χ1n) is 5.81. The first kappa shape index (κ1) is 13.4. The Morgan fingerprint density at radius 1 is 1.37 bits per heavy atom. The van der Waals surface area contributed by atoms with Gasteiger partial charge in [0.1, 0.15) is 0 Å². The zero-order valence-corrected chi connectivity index (χ0v) is 11.0. The van der Waals surface area contributed by atoms with Crippen molar-refractivity contribution in [1.82, 2.24) is 5.32 Å². The van der Waals surface area contributed by atoms with Crippen molar-refractivity contribution >= 4 is 29.0 Å². The molecule has 1 aliphatic rings. The zero-order chi connectivity index (χ0) is 13.7. The highest BCUT2D eigenvalue weighted by Gasteiger charge is 2.13. The lowest BCUT2D eigenvalue weighted by atomic mass is 10.3. The Kier molecular flexibility index (Phi) is 4.40. The molecule has 6 nitrogen and oxygen atoms in total. The number of fused-ring (bicyclic) bond motifs is 1. The third-order valence-corrected chi connectivity index (χ3v) is 2.73. The molecule has 1 heterocycles. The van der Waals surface area contributed by atoms with Gasteiger partial charge in [-0.1, -0.05) is 0 Å². The third-order valence-electron chi connectivity index (χ3n) is 2.48. The van der Waals surface area contributed by atoms with E-state index in [0.29, 0.717) is 29.6 Å². The number of rotatable bonds is 5. The van der Waals surface area contributed by atoms with E-state index >= 15 is 0 Å². The van der Waals surface area contributed by atoms with E-state index in [1.165, 1.54) is 0 Å². The lowest BCUT2D eigenvalue weighted by Crippen LogP contribution is -2.29. The van der Waals surface area contributed by atoms with E-state index in [1.54, 1.807) is 12.1 Å². The van der Waals surface area contributed by atoms with Crippen LogP contribution >= 0.6 is 12.2 Å². The largest absolute Gasteiger partial charge is 0.481 e. The molecular formula is C12H14N2O4S. The van der Waals surface area contributed by atoms with Crippen molar-refractivity contribution in [2.24, 2.45) is 0 Å². The molecule has 19 heavy (non-hydrogen) atoms. The molecule has 1 aromatic rings. The molecule has 0 fully saturated rings. The van der Waals surface area contributed by atoms with Gasteiger partial charge in [0.25, 0.3) is 0 Å². The highest BCUT2D eigenvalue weighted by atomic mass is 32.1. The van der Waals surface area contributed by atoms with Gasteiger partial charge >= 0.3 is 5.97 Å². The Morgan fingerprint density at radius 2 is 2.16 bits per heavy atom. The lowest BCUT2D eigenvalue weighted by molar-refractivity contribution is -0.137. The molecule has 3 N–H and O–H groups in total. The molecule has 0 unspecified atom stereocenters. The van der Waals surface area contributed by atoms with Crippen LogP contribution in [0.5, 0.6) is 11.5 Å². The van der Waals surface area contributed by atoms with Gasteiger partial charge in [0.15, 0.2) is 16.6 Å². The van der Waals surface area contributed by atoms with Crippen LogP contribution in [0.1, 0.15) is 12.8 Å². The molecule has 0 saturated carbocycles. The van der Waals surface area contributed by atoms with Crippen molar-refractivity contribution in [2.45, 2.75) is 12.8 Å². The van der Waals surface area contributed by atoms with Gasteiger partial charge in [0.2, 0.25) is 6.79 Å². The number of nitrogens with one attached hydrogen (secondary N) is 2. The second-order valence-corrected chi connectivity index (χ2v) is 4.35. The standard InChI is InChI=1S/C12H14N2O4S/c15-11(16)2-1-5-13-12(19)14-8-3-4-9-10(6-8)18-7-17-9/h3-4,6H,1-2,5,7H2,(H,15,16)(H2,13,14,19). The minimum absolute atomic E-state index is 0.125. The smallest absolute Gasteiger partial charge is 0.303 e. The third kappa shape index (κ3) is 3.99. The normalized spacial score (nSPS) is 12.0. The SMILES string of the molecule is O=C(O)CCCNC(=S)Nc1ccc2c(c1)OCO2. The maximum Gasteiger partial charge on any atom is 0.303 e. The molecule has 0 amide bonds. The van der Waals surface area contributed by atoms with Crippen LogP contribution in [-0.4, -0.2) is 29.5 Å². The lowest BCUT2D eigenvalue weighted by Gasteiger charge is -2.10. The van der Waals surface area contributed by atoms with Gasteiger partial charge in [0, 0.05) is 24.7 Å². The van der Waals surface area contributed by atoms with Gasteiger partial charge in [-0.2, -0.15) is 0 Å². The summed E-state index contributed by atoms with van der Waals surface area (Å²) in [5.74, 6) is 0.584. The van der Waals surface area contributed by atoms with Crippen LogP contribution in [0.25, 0.3) is 0 Å². The second kappa shape index (κ2) is 6.24. The number of benzene rings is 1. The molecule has 1 aliphatic heterocycles. The van der Waals surface area contributed by atoms with Crippen molar-refractivity contribution in [3.63, 3.8) is 0 Å². The van der Waals surface area contributed by atoms with Crippen molar-refractivity contribution in [3.8, 4) is 11.5 Å². The van der Waals surface area contributed by atoms with Crippen LogP contribution in [0.4, 0.5) is 5.69 Å². The Bertz CT molecular complexity index is 493. The highest BCUT2D eigenvalue weighted by molar-refractivity contribution is 7.80. The quantitative estimate of drug-likeness (QED) is 0.558. The minimum Gasteiger partial charge on any atom is -0.481 e. The fourth-order valence-electron chi connectivity index (χ4n) is 1.59. The zero-order valence-electron chi connectivity index (χ0n) is 10.1. The van der Waals surface area contributed by atoms with E-state index in [2.05, 4.69) is 10.6 Å². The van der Waals surface area contributed by atoms with Crippen molar-refractivity contribution in [2.75, 3.05) is 18.7 Å². The molecule has 0 atom stereocenters. The number of thiocarbonyl (C=S) groups is 1. The average molecular weight is 282 g/mol. The summed E-state index contributed by atoms with van der Waals surface area (Å²) in [5.41, 5.74) is 0.792. The van der Waals surface area contributed by atoms with E-state index in [1.807, 2.05) is 6.07 Å². The molecule has 0 radical (unpaired) electrons. The first-order valence-corrected chi connectivity index (χ1v) is 6.22. The number of anilines is 1. The summed E-state index contributed by atoms with van der Waals surface area (Å²) < 4.78 is 10.5. The van der Waals surface area contributed by atoms with Gasteiger partial charge in [-0.15, -0.1) is 0 Å². The van der Waals surface area contributed by atoms with Gasteiger partial charge in [-0.05, 0) is 30.8 Å². The minimum atomic E-state index is -0.809. The molecule has 0 saturated heterocycles. The van der Waals surface area contributed by atoms with Gasteiger partial charge in [-0.3, -0.25) is 4.79 Å². The molecule has 102 valence electrons. The van der Waals surface area contributed by atoms with Crippen LogP contribution in [0.15, 0.2) is 18.2 Å². The summed E-state index contributed by atoms with van der Waals surface area (Å²) >= 11 is 5.10. The Hall–Kier alpha value is -2.02.